The van der Waals surface area contributed by atoms with E-state index >= 15 is 0 Å². The molecule has 0 atom stereocenters. The number of carbonyl (C=O) groups is 2. The van der Waals surface area contributed by atoms with Gasteiger partial charge >= 0.3 is 0 Å². The highest BCUT2D eigenvalue weighted by molar-refractivity contribution is 7.17. The minimum Gasteiger partial charge on any atom is -0.360 e. The summed E-state index contributed by atoms with van der Waals surface area (Å²) < 4.78 is 5.20. The van der Waals surface area contributed by atoms with Gasteiger partial charge in [-0.15, -0.1) is 11.3 Å². The van der Waals surface area contributed by atoms with Gasteiger partial charge in [-0.1, -0.05) is 65.8 Å². The molecule has 0 radical (unpaired) electrons. The fraction of sp³-hybridized carbons (Fsp3) is 0.0909. The Morgan fingerprint density at radius 1 is 0.867 bits per heavy atom. The summed E-state index contributed by atoms with van der Waals surface area (Å²) in [7, 11) is 0. The van der Waals surface area contributed by atoms with Crippen LogP contribution < -0.4 is 10.9 Å². The quantitative estimate of drug-likeness (QED) is 0.485. The van der Waals surface area contributed by atoms with Crippen molar-refractivity contribution < 1.29 is 14.1 Å². The Labute approximate surface area is 176 Å². The van der Waals surface area contributed by atoms with Crippen molar-refractivity contribution in [3.63, 3.8) is 0 Å². The largest absolute Gasteiger partial charge is 0.360 e. The van der Waals surface area contributed by atoms with Crippen LogP contribution in [0.25, 0.3) is 21.8 Å². The summed E-state index contributed by atoms with van der Waals surface area (Å²) >= 11 is 1.27. The first-order chi connectivity index (χ1) is 14.5. The molecular weight excluding hydrogens is 400 g/mol. The monoisotopic (exact) mass is 418 g/mol. The van der Waals surface area contributed by atoms with Crippen LogP contribution in [0.2, 0.25) is 0 Å². The van der Waals surface area contributed by atoms with Gasteiger partial charge in [0.05, 0.1) is 5.69 Å². The predicted molar refractivity (Wildman–Crippen MR) is 114 cm³/mol. The zero-order valence-electron chi connectivity index (χ0n) is 16.3. The molecule has 4 aromatic rings. The molecule has 0 bridgehead atoms. The molecule has 0 spiro atoms. The molecule has 0 fully saturated rings. The molecule has 2 aromatic heterocycles. The zero-order chi connectivity index (χ0) is 21.1. The minimum atomic E-state index is -0.508. The predicted octanol–water partition coefficient (Wildman–Crippen LogP) is 4.16. The number of hydrogen-bond acceptors (Lipinski definition) is 6. The van der Waals surface area contributed by atoms with Gasteiger partial charge in [-0.3, -0.25) is 20.4 Å². The molecule has 4 rings (SSSR count). The molecule has 0 unspecified atom stereocenters. The van der Waals surface area contributed by atoms with Gasteiger partial charge in [0.25, 0.3) is 11.8 Å². The summed E-state index contributed by atoms with van der Waals surface area (Å²) in [5.41, 5.74) is 7.87. The Kier molecular flexibility index (Phi) is 5.40. The average molecular weight is 418 g/mol. The average Bonchev–Trinajstić information content (AvgIpc) is 3.36. The molecule has 8 heteroatoms. The summed E-state index contributed by atoms with van der Waals surface area (Å²) in [4.78, 5) is 30.3. The Balaban J connectivity index is 1.50. The zero-order valence-corrected chi connectivity index (χ0v) is 17.1. The highest BCUT2D eigenvalue weighted by Gasteiger charge is 2.23. The number of carbonyl (C=O) groups excluding carboxylic acids is 2. The SMILES string of the molecule is Cc1nc(-c2ccccc2)sc1C(=O)NNC(=O)c1c(-c2ccccc2)noc1C. The summed E-state index contributed by atoms with van der Waals surface area (Å²) in [5.74, 6) is -0.580. The third-order valence-corrected chi connectivity index (χ3v) is 5.66. The molecule has 2 amide bonds. The van der Waals surface area contributed by atoms with Gasteiger partial charge in [0, 0.05) is 11.1 Å². The number of rotatable bonds is 4. The Morgan fingerprint density at radius 3 is 2.13 bits per heavy atom. The molecule has 2 aromatic carbocycles. The molecule has 0 aliphatic rings. The lowest BCUT2D eigenvalue weighted by Gasteiger charge is -2.07. The maximum Gasteiger partial charge on any atom is 0.281 e. The van der Waals surface area contributed by atoms with Crippen LogP contribution in [0.5, 0.6) is 0 Å². The van der Waals surface area contributed by atoms with Gasteiger partial charge in [-0.2, -0.15) is 0 Å². The van der Waals surface area contributed by atoms with Crippen LogP contribution in [0.3, 0.4) is 0 Å². The summed E-state index contributed by atoms with van der Waals surface area (Å²) in [6.45, 7) is 3.41. The van der Waals surface area contributed by atoms with Crippen LogP contribution in [0, 0.1) is 13.8 Å². The first-order valence-corrected chi connectivity index (χ1v) is 10.0. The first kappa shape index (κ1) is 19.5. The standard InChI is InChI=1S/C22H18N4O3S/c1-13-19(30-22(23-13)16-11-7-4-8-12-16)21(28)25-24-20(27)17-14(2)29-26-18(17)15-9-5-3-6-10-15/h3-12H,1-2H3,(H,24,27)(H,25,28). The second-order valence-corrected chi connectivity index (χ2v) is 7.54. The van der Waals surface area contributed by atoms with Crippen LogP contribution in [0.15, 0.2) is 65.2 Å². The summed E-state index contributed by atoms with van der Waals surface area (Å²) in [6.07, 6.45) is 0. The highest BCUT2D eigenvalue weighted by Crippen LogP contribution is 2.28. The van der Waals surface area contributed by atoms with Crippen LogP contribution in [0.1, 0.15) is 31.5 Å². The van der Waals surface area contributed by atoms with Gasteiger partial charge in [-0.05, 0) is 13.8 Å². The second kappa shape index (κ2) is 8.30. The van der Waals surface area contributed by atoms with E-state index in [1.807, 2.05) is 60.7 Å². The maximum absolute atomic E-state index is 12.7. The van der Waals surface area contributed by atoms with Crippen LogP contribution in [-0.2, 0) is 0 Å². The Morgan fingerprint density at radius 2 is 1.47 bits per heavy atom. The molecule has 2 heterocycles. The summed E-state index contributed by atoms with van der Waals surface area (Å²) in [5, 5.41) is 4.73. The van der Waals surface area contributed by atoms with E-state index in [1.54, 1.807) is 13.8 Å². The smallest absolute Gasteiger partial charge is 0.281 e. The van der Waals surface area contributed by atoms with Crippen molar-refractivity contribution in [1.82, 2.24) is 21.0 Å². The number of thiazole rings is 1. The Hall–Kier alpha value is -3.78. The molecule has 0 aliphatic carbocycles. The number of aryl methyl sites for hydroxylation is 2. The lowest BCUT2D eigenvalue weighted by atomic mass is 10.1. The number of nitrogens with zero attached hydrogens (tertiary/aromatic N) is 2. The molecule has 0 aliphatic heterocycles. The van der Waals surface area contributed by atoms with E-state index in [0.717, 1.165) is 16.1 Å². The van der Waals surface area contributed by atoms with Crippen molar-refractivity contribution in [1.29, 1.82) is 0 Å². The van der Waals surface area contributed by atoms with Crippen molar-refractivity contribution in [2.24, 2.45) is 0 Å². The van der Waals surface area contributed by atoms with Gasteiger partial charge < -0.3 is 4.52 Å². The van der Waals surface area contributed by atoms with Crippen LogP contribution in [0.4, 0.5) is 0 Å². The van der Waals surface area contributed by atoms with E-state index in [0.29, 0.717) is 22.0 Å². The Bertz CT molecular complexity index is 1200. The second-order valence-electron chi connectivity index (χ2n) is 6.54. The number of benzene rings is 2. The number of nitrogens with one attached hydrogen (secondary N) is 2. The highest BCUT2D eigenvalue weighted by atomic mass is 32.1. The molecule has 2 N–H and O–H groups in total. The normalized spacial score (nSPS) is 10.6. The summed E-state index contributed by atoms with van der Waals surface area (Å²) in [6, 6.07) is 18.8. The maximum atomic E-state index is 12.7. The van der Waals surface area contributed by atoms with Crippen molar-refractivity contribution in [2.45, 2.75) is 13.8 Å². The van der Waals surface area contributed by atoms with Gasteiger partial charge in [-0.25, -0.2) is 4.98 Å². The number of hydrazine groups is 1. The molecule has 0 saturated heterocycles. The van der Waals surface area contributed by atoms with E-state index < -0.39 is 11.8 Å². The lowest BCUT2D eigenvalue weighted by molar-refractivity contribution is 0.0847. The molecule has 0 saturated carbocycles. The van der Waals surface area contributed by atoms with Gasteiger partial charge in [0.2, 0.25) is 0 Å². The number of amides is 2. The third kappa shape index (κ3) is 3.85. The first-order valence-electron chi connectivity index (χ1n) is 9.20. The van der Waals surface area contributed by atoms with E-state index in [4.69, 9.17) is 4.52 Å². The van der Waals surface area contributed by atoms with Crippen LogP contribution >= 0.6 is 11.3 Å². The molecular formula is C22H18N4O3S. The van der Waals surface area contributed by atoms with E-state index in [1.165, 1.54) is 11.3 Å². The van der Waals surface area contributed by atoms with E-state index in [9.17, 15) is 9.59 Å². The fourth-order valence-corrected chi connectivity index (χ4v) is 3.94. The fourth-order valence-electron chi connectivity index (χ4n) is 2.98. The third-order valence-electron chi connectivity index (χ3n) is 4.45. The molecule has 150 valence electrons. The van der Waals surface area contributed by atoms with Crippen molar-refractivity contribution in [3.8, 4) is 21.8 Å². The van der Waals surface area contributed by atoms with Crippen LogP contribution in [-0.4, -0.2) is 22.0 Å². The number of aromatic nitrogens is 2. The van der Waals surface area contributed by atoms with Gasteiger partial charge in [0.15, 0.2) is 0 Å². The minimum absolute atomic E-state index is 0.271. The van der Waals surface area contributed by atoms with E-state index in [2.05, 4.69) is 21.0 Å². The number of hydrogen-bond donors (Lipinski definition) is 2. The van der Waals surface area contributed by atoms with E-state index in [-0.39, 0.29) is 5.56 Å². The van der Waals surface area contributed by atoms with Gasteiger partial charge in [0.1, 0.15) is 26.9 Å². The molecule has 7 nitrogen and oxygen atoms in total. The molecule has 30 heavy (non-hydrogen) atoms. The van der Waals surface area contributed by atoms with Crippen molar-refractivity contribution >= 4 is 23.2 Å². The van der Waals surface area contributed by atoms with Crippen molar-refractivity contribution in [2.75, 3.05) is 0 Å². The topological polar surface area (TPSA) is 97.1 Å². The lowest BCUT2D eigenvalue weighted by Crippen LogP contribution is -2.41. The van der Waals surface area contributed by atoms with Crippen molar-refractivity contribution in [3.05, 3.63) is 82.6 Å².